The number of nitrogens with zero attached hydrogens (tertiary/aromatic N) is 3. The van der Waals surface area contributed by atoms with Crippen molar-refractivity contribution in [2.75, 3.05) is 37.7 Å². The van der Waals surface area contributed by atoms with Gasteiger partial charge in [-0.25, -0.2) is 0 Å². The molecule has 1 amide bonds. The summed E-state index contributed by atoms with van der Waals surface area (Å²) in [6, 6.07) is 16.7. The highest BCUT2D eigenvalue weighted by Crippen LogP contribution is 2.25. The summed E-state index contributed by atoms with van der Waals surface area (Å²) in [6.07, 6.45) is 3.27. The number of hydrogen-bond acceptors (Lipinski definition) is 5. The fraction of sp³-hybridized carbons (Fsp3) is 0.333. The Morgan fingerprint density at radius 2 is 1.93 bits per heavy atom. The van der Waals surface area contributed by atoms with Crippen LogP contribution in [-0.2, 0) is 4.79 Å². The molecule has 0 atom stereocenters. The number of carbonyl (C=O) groups excluding carboxylic acids is 1. The lowest BCUT2D eigenvalue weighted by Crippen LogP contribution is -2.42. The number of phenols is 1. The van der Waals surface area contributed by atoms with Crippen molar-refractivity contribution in [2.45, 2.75) is 19.8 Å². The van der Waals surface area contributed by atoms with Crippen LogP contribution < -0.4 is 9.64 Å². The van der Waals surface area contributed by atoms with Gasteiger partial charge in [-0.2, -0.15) is 5.26 Å². The molecule has 0 saturated carbocycles. The SMILES string of the molecule is CCOc1ccc(N(CCC#N)C(=O)CN2CC=C(c3ccc(O)cc3)CC2)cc1. The van der Waals surface area contributed by atoms with Crippen LogP contribution in [0.15, 0.2) is 54.6 Å². The lowest BCUT2D eigenvalue weighted by molar-refractivity contribution is -0.119. The van der Waals surface area contributed by atoms with E-state index in [9.17, 15) is 9.90 Å². The number of hydrogen-bond donors (Lipinski definition) is 1. The Morgan fingerprint density at radius 3 is 2.53 bits per heavy atom. The van der Waals surface area contributed by atoms with Gasteiger partial charge in [0.2, 0.25) is 5.91 Å². The third kappa shape index (κ3) is 5.62. The van der Waals surface area contributed by atoms with Crippen LogP contribution >= 0.6 is 0 Å². The van der Waals surface area contributed by atoms with Crippen molar-refractivity contribution >= 4 is 17.2 Å². The van der Waals surface area contributed by atoms with E-state index in [1.807, 2.05) is 43.3 Å². The van der Waals surface area contributed by atoms with Gasteiger partial charge in [0.25, 0.3) is 0 Å². The Balaban J connectivity index is 1.64. The first-order valence-corrected chi connectivity index (χ1v) is 10.2. The highest BCUT2D eigenvalue weighted by atomic mass is 16.5. The molecule has 1 N–H and O–H groups in total. The molecule has 156 valence electrons. The number of nitriles is 1. The number of ether oxygens (including phenoxy) is 1. The van der Waals surface area contributed by atoms with Gasteiger partial charge in [-0.3, -0.25) is 9.69 Å². The second kappa shape index (κ2) is 10.5. The Hall–Kier alpha value is -3.30. The van der Waals surface area contributed by atoms with Gasteiger partial charge in [-0.15, -0.1) is 0 Å². The molecular formula is C24H27N3O3. The van der Waals surface area contributed by atoms with Crippen molar-refractivity contribution in [3.05, 3.63) is 60.2 Å². The first kappa shape index (κ1) is 21.4. The number of amides is 1. The number of benzene rings is 2. The largest absolute Gasteiger partial charge is 0.508 e. The van der Waals surface area contributed by atoms with Crippen LogP contribution in [0.2, 0.25) is 0 Å². The molecule has 0 fully saturated rings. The van der Waals surface area contributed by atoms with Crippen molar-refractivity contribution in [1.29, 1.82) is 5.26 Å². The quantitative estimate of drug-likeness (QED) is 0.722. The maximum absolute atomic E-state index is 13.0. The van der Waals surface area contributed by atoms with Crippen molar-refractivity contribution in [3.8, 4) is 17.6 Å². The first-order chi connectivity index (χ1) is 14.6. The zero-order valence-corrected chi connectivity index (χ0v) is 17.3. The maximum atomic E-state index is 13.0. The summed E-state index contributed by atoms with van der Waals surface area (Å²) in [5.74, 6) is 1.00. The molecule has 2 aromatic carbocycles. The molecule has 0 bridgehead atoms. The van der Waals surface area contributed by atoms with E-state index in [0.717, 1.165) is 30.0 Å². The summed E-state index contributed by atoms with van der Waals surface area (Å²) in [7, 11) is 0. The molecule has 2 aromatic rings. The summed E-state index contributed by atoms with van der Waals surface area (Å²) in [5.41, 5.74) is 3.10. The lowest BCUT2D eigenvalue weighted by atomic mass is 9.99. The van der Waals surface area contributed by atoms with Crippen LogP contribution in [0.4, 0.5) is 5.69 Å². The molecule has 1 heterocycles. The summed E-state index contributed by atoms with van der Waals surface area (Å²) in [4.78, 5) is 16.8. The van der Waals surface area contributed by atoms with E-state index >= 15 is 0 Å². The molecule has 0 unspecified atom stereocenters. The highest BCUT2D eigenvalue weighted by Gasteiger charge is 2.21. The van der Waals surface area contributed by atoms with Gasteiger partial charge in [0.1, 0.15) is 11.5 Å². The number of carbonyl (C=O) groups is 1. The second-order valence-corrected chi connectivity index (χ2v) is 7.14. The molecule has 3 rings (SSSR count). The second-order valence-electron chi connectivity index (χ2n) is 7.14. The van der Waals surface area contributed by atoms with Crippen LogP contribution in [0, 0.1) is 11.3 Å². The topological polar surface area (TPSA) is 76.8 Å². The minimum Gasteiger partial charge on any atom is -0.508 e. The molecule has 0 aliphatic carbocycles. The van der Waals surface area contributed by atoms with E-state index in [-0.39, 0.29) is 18.1 Å². The molecule has 0 aromatic heterocycles. The van der Waals surface area contributed by atoms with Gasteiger partial charge >= 0.3 is 0 Å². The van der Waals surface area contributed by atoms with Gasteiger partial charge < -0.3 is 14.7 Å². The fourth-order valence-corrected chi connectivity index (χ4v) is 3.52. The number of anilines is 1. The zero-order valence-electron chi connectivity index (χ0n) is 17.3. The van der Waals surface area contributed by atoms with Gasteiger partial charge in [-0.1, -0.05) is 18.2 Å². The van der Waals surface area contributed by atoms with Crippen LogP contribution in [-0.4, -0.2) is 48.7 Å². The normalized spacial score (nSPS) is 13.9. The minimum absolute atomic E-state index is 0.0177. The molecule has 30 heavy (non-hydrogen) atoms. The monoisotopic (exact) mass is 405 g/mol. The molecule has 6 heteroatoms. The maximum Gasteiger partial charge on any atom is 0.241 e. The fourth-order valence-electron chi connectivity index (χ4n) is 3.52. The third-order valence-electron chi connectivity index (χ3n) is 5.10. The standard InChI is InChI=1S/C24H27N3O3/c1-2-30-23-10-6-21(7-11-23)27(15-3-14-25)24(29)18-26-16-12-20(13-17-26)19-4-8-22(28)9-5-19/h4-12,28H,2-3,13,15-18H2,1H3. The van der Waals surface area contributed by atoms with E-state index < -0.39 is 0 Å². The summed E-state index contributed by atoms with van der Waals surface area (Å²) < 4.78 is 5.47. The third-order valence-corrected chi connectivity index (χ3v) is 5.10. The highest BCUT2D eigenvalue weighted by molar-refractivity contribution is 5.95. The Labute approximate surface area is 177 Å². The Kier molecular flexibility index (Phi) is 7.47. The van der Waals surface area contributed by atoms with Crippen molar-refractivity contribution in [2.24, 2.45) is 0 Å². The Bertz CT molecular complexity index is 914. The summed E-state index contributed by atoms with van der Waals surface area (Å²) in [6.45, 7) is 4.66. The van der Waals surface area contributed by atoms with Crippen molar-refractivity contribution in [3.63, 3.8) is 0 Å². The molecule has 0 spiro atoms. The number of aromatic hydroxyl groups is 1. The summed E-state index contributed by atoms with van der Waals surface area (Å²) >= 11 is 0. The van der Waals surface area contributed by atoms with Crippen molar-refractivity contribution < 1.29 is 14.6 Å². The van der Waals surface area contributed by atoms with Gasteiger partial charge in [-0.05, 0) is 60.9 Å². The molecule has 0 radical (unpaired) electrons. The van der Waals surface area contributed by atoms with Crippen LogP contribution in [0.1, 0.15) is 25.3 Å². The van der Waals surface area contributed by atoms with Gasteiger partial charge in [0.15, 0.2) is 0 Å². The lowest BCUT2D eigenvalue weighted by Gasteiger charge is -2.29. The molecule has 1 aliphatic heterocycles. The van der Waals surface area contributed by atoms with E-state index in [1.165, 1.54) is 5.57 Å². The first-order valence-electron chi connectivity index (χ1n) is 10.2. The van der Waals surface area contributed by atoms with Gasteiger partial charge in [0.05, 0.1) is 25.6 Å². The van der Waals surface area contributed by atoms with Gasteiger partial charge in [0, 0.05) is 25.3 Å². The number of rotatable bonds is 8. The van der Waals surface area contributed by atoms with E-state index in [1.54, 1.807) is 17.0 Å². The molecular weight excluding hydrogens is 378 g/mol. The van der Waals surface area contributed by atoms with E-state index in [2.05, 4.69) is 17.0 Å². The minimum atomic E-state index is -0.0177. The van der Waals surface area contributed by atoms with Crippen LogP contribution in [0.5, 0.6) is 11.5 Å². The summed E-state index contributed by atoms with van der Waals surface area (Å²) in [5, 5.41) is 18.4. The van der Waals surface area contributed by atoms with Crippen LogP contribution in [0.3, 0.4) is 0 Å². The molecule has 6 nitrogen and oxygen atoms in total. The predicted molar refractivity (Wildman–Crippen MR) is 117 cm³/mol. The smallest absolute Gasteiger partial charge is 0.241 e. The van der Waals surface area contributed by atoms with E-state index in [4.69, 9.17) is 10.00 Å². The predicted octanol–water partition coefficient (Wildman–Crippen LogP) is 3.83. The molecule has 0 saturated heterocycles. The number of phenolic OH excluding ortho intramolecular Hbond substituents is 1. The molecule has 1 aliphatic rings. The Morgan fingerprint density at radius 1 is 1.20 bits per heavy atom. The average molecular weight is 405 g/mol. The average Bonchev–Trinajstić information content (AvgIpc) is 2.76. The van der Waals surface area contributed by atoms with Crippen molar-refractivity contribution in [1.82, 2.24) is 4.90 Å². The van der Waals surface area contributed by atoms with E-state index in [0.29, 0.717) is 26.2 Å². The zero-order chi connectivity index (χ0) is 21.3. The van der Waals surface area contributed by atoms with Crippen LogP contribution in [0.25, 0.3) is 5.57 Å².